The number of nitrogens with one attached hydrogen (secondary N) is 2. The van der Waals surface area contributed by atoms with Crippen LogP contribution in [0.1, 0.15) is 18.1 Å². The maximum absolute atomic E-state index is 4.18. The van der Waals surface area contributed by atoms with E-state index in [1.807, 2.05) is 25.3 Å². The third-order valence-corrected chi connectivity index (χ3v) is 2.63. The molecule has 0 saturated carbocycles. The van der Waals surface area contributed by atoms with Crippen LogP contribution in [0, 0.1) is 6.92 Å². The molecule has 18 heavy (non-hydrogen) atoms. The molecule has 0 amide bonds. The molecule has 2 N–H and O–H groups in total. The first-order valence-electron chi connectivity index (χ1n) is 5.99. The maximum Gasteiger partial charge on any atom is 0.131 e. The van der Waals surface area contributed by atoms with E-state index in [0.29, 0.717) is 6.54 Å². The van der Waals surface area contributed by atoms with Gasteiger partial charge in [-0.2, -0.15) is 0 Å². The summed E-state index contributed by atoms with van der Waals surface area (Å²) in [5.74, 6) is 1.64. The second-order valence-corrected chi connectivity index (χ2v) is 3.97. The Hall–Kier alpha value is -2.17. The van der Waals surface area contributed by atoms with Crippen LogP contribution >= 0.6 is 0 Å². The summed E-state index contributed by atoms with van der Waals surface area (Å²) in [7, 11) is 0. The summed E-state index contributed by atoms with van der Waals surface area (Å²) >= 11 is 0. The number of hydrogen-bond acceptors (Lipinski definition) is 5. The van der Waals surface area contributed by atoms with Crippen molar-refractivity contribution in [3.05, 3.63) is 42.0 Å². The highest BCUT2D eigenvalue weighted by atomic mass is 15.1. The molecule has 0 saturated heterocycles. The molecule has 0 spiro atoms. The highest BCUT2D eigenvalue weighted by molar-refractivity contribution is 5.46. The molecule has 0 aromatic carbocycles. The predicted octanol–water partition coefficient (Wildman–Crippen LogP) is 2.22. The fraction of sp³-hybridized carbons (Fsp3) is 0.308. The summed E-state index contributed by atoms with van der Waals surface area (Å²) in [5.41, 5.74) is 2.39. The standard InChI is InChI=1S/C13H17N5/c1-3-15-12-6-13(18-9-17-12)16-8-11-7-14-5-4-10(11)2/h4-7,9H,3,8H2,1-2H3,(H2,15,16,17,18). The number of rotatable bonds is 5. The van der Waals surface area contributed by atoms with Crippen molar-refractivity contribution in [1.82, 2.24) is 15.0 Å². The predicted molar refractivity (Wildman–Crippen MR) is 72.5 cm³/mol. The van der Waals surface area contributed by atoms with Crippen LogP contribution in [-0.2, 0) is 6.54 Å². The summed E-state index contributed by atoms with van der Waals surface area (Å²) < 4.78 is 0. The number of nitrogens with zero attached hydrogens (tertiary/aromatic N) is 3. The zero-order chi connectivity index (χ0) is 12.8. The van der Waals surface area contributed by atoms with Crippen LogP contribution in [0.15, 0.2) is 30.9 Å². The van der Waals surface area contributed by atoms with E-state index in [1.54, 1.807) is 12.5 Å². The third kappa shape index (κ3) is 3.16. The molecule has 2 aromatic rings. The maximum atomic E-state index is 4.18. The Balaban J connectivity index is 2.02. The van der Waals surface area contributed by atoms with Crippen LogP contribution in [0.25, 0.3) is 0 Å². The van der Waals surface area contributed by atoms with Crippen LogP contribution in [-0.4, -0.2) is 21.5 Å². The lowest BCUT2D eigenvalue weighted by Gasteiger charge is -2.08. The van der Waals surface area contributed by atoms with E-state index in [0.717, 1.165) is 18.2 Å². The Kier molecular flexibility index (Phi) is 4.06. The van der Waals surface area contributed by atoms with Gasteiger partial charge in [0.05, 0.1) is 0 Å². The smallest absolute Gasteiger partial charge is 0.131 e. The lowest BCUT2D eigenvalue weighted by molar-refractivity contribution is 1.04. The van der Waals surface area contributed by atoms with Gasteiger partial charge >= 0.3 is 0 Å². The number of pyridine rings is 1. The molecule has 0 fully saturated rings. The number of aryl methyl sites for hydroxylation is 1. The van der Waals surface area contributed by atoms with Gasteiger partial charge in [-0.25, -0.2) is 9.97 Å². The van der Waals surface area contributed by atoms with Crippen molar-refractivity contribution in [3.8, 4) is 0 Å². The van der Waals surface area contributed by atoms with E-state index in [1.165, 1.54) is 11.1 Å². The van der Waals surface area contributed by atoms with Gasteiger partial charge < -0.3 is 10.6 Å². The van der Waals surface area contributed by atoms with Crippen LogP contribution in [0.2, 0.25) is 0 Å². The third-order valence-electron chi connectivity index (χ3n) is 2.63. The Morgan fingerprint density at radius 2 is 1.94 bits per heavy atom. The number of hydrogen-bond donors (Lipinski definition) is 2. The van der Waals surface area contributed by atoms with Gasteiger partial charge in [-0.3, -0.25) is 4.98 Å². The first-order chi connectivity index (χ1) is 8.79. The topological polar surface area (TPSA) is 62.7 Å². The average molecular weight is 243 g/mol. The van der Waals surface area contributed by atoms with Gasteiger partial charge in [-0.1, -0.05) is 0 Å². The number of anilines is 2. The van der Waals surface area contributed by atoms with Gasteiger partial charge in [0.25, 0.3) is 0 Å². The van der Waals surface area contributed by atoms with Crippen molar-refractivity contribution < 1.29 is 0 Å². The van der Waals surface area contributed by atoms with Crippen molar-refractivity contribution in [1.29, 1.82) is 0 Å². The molecule has 0 bridgehead atoms. The lowest BCUT2D eigenvalue weighted by Crippen LogP contribution is -2.05. The molecule has 5 heteroatoms. The van der Waals surface area contributed by atoms with E-state index in [4.69, 9.17) is 0 Å². The Bertz CT molecular complexity index is 512. The summed E-state index contributed by atoms with van der Waals surface area (Å²) in [6, 6.07) is 3.90. The average Bonchev–Trinajstić information content (AvgIpc) is 2.39. The summed E-state index contributed by atoms with van der Waals surface area (Å²) in [5, 5.41) is 6.42. The minimum Gasteiger partial charge on any atom is -0.370 e. The monoisotopic (exact) mass is 243 g/mol. The highest BCUT2D eigenvalue weighted by Crippen LogP contribution is 2.11. The molecule has 2 aromatic heterocycles. The molecule has 5 nitrogen and oxygen atoms in total. The van der Waals surface area contributed by atoms with E-state index < -0.39 is 0 Å². The highest BCUT2D eigenvalue weighted by Gasteiger charge is 2.00. The minimum absolute atomic E-state index is 0.711. The SMILES string of the molecule is CCNc1cc(NCc2cnccc2C)ncn1. The fourth-order valence-corrected chi connectivity index (χ4v) is 1.60. The van der Waals surface area contributed by atoms with Crippen LogP contribution in [0.5, 0.6) is 0 Å². The van der Waals surface area contributed by atoms with Crippen molar-refractivity contribution in [2.45, 2.75) is 20.4 Å². The Labute approximate surface area is 107 Å². The Morgan fingerprint density at radius 3 is 2.67 bits per heavy atom. The Morgan fingerprint density at radius 1 is 1.17 bits per heavy atom. The molecule has 94 valence electrons. The van der Waals surface area contributed by atoms with Gasteiger partial charge in [0.1, 0.15) is 18.0 Å². The summed E-state index contributed by atoms with van der Waals surface area (Å²) in [6.07, 6.45) is 5.22. The molecule has 0 atom stereocenters. The van der Waals surface area contributed by atoms with E-state index >= 15 is 0 Å². The van der Waals surface area contributed by atoms with Crippen molar-refractivity contribution >= 4 is 11.6 Å². The normalized spacial score (nSPS) is 10.1. The zero-order valence-corrected chi connectivity index (χ0v) is 10.6. The van der Waals surface area contributed by atoms with Crippen molar-refractivity contribution in [2.24, 2.45) is 0 Å². The van der Waals surface area contributed by atoms with Gasteiger partial charge in [0, 0.05) is 31.5 Å². The molecule has 0 unspecified atom stereocenters. The van der Waals surface area contributed by atoms with Gasteiger partial charge in [-0.15, -0.1) is 0 Å². The van der Waals surface area contributed by atoms with E-state index in [-0.39, 0.29) is 0 Å². The molecular weight excluding hydrogens is 226 g/mol. The van der Waals surface area contributed by atoms with Crippen molar-refractivity contribution in [2.75, 3.05) is 17.2 Å². The first kappa shape index (κ1) is 12.3. The first-order valence-corrected chi connectivity index (χ1v) is 5.99. The van der Waals surface area contributed by atoms with Crippen LogP contribution < -0.4 is 10.6 Å². The molecule has 0 aliphatic heterocycles. The lowest BCUT2D eigenvalue weighted by atomic mass is 10.1. The van der Waals surface area contributed by atoms with Crippen LogP contribution in [0.3, 0.4) is 0 Å². The zero-order valence-electron chi connectivity index (χ0n) is 10.6. The molecule has 0 aliphatic carbocycles. The van der Waals surface area contributed by atoms with E-state index in [2.05, 4.69) is 32.5 Å². The molecule has 2 heterocycles. The minimum atomic E-state index is 0.711. The molecular formula is C13H17N5. The van der Waals surface area contributed by atoms with E-state index in [9.17, 15) is 0 Å². The van der Waals surface area contributed by atoms with Gasteiger partial charge in [-0.05, 0) is 31.0 Å². The second kappa shape index (κ2) is 5.95. The molecule has 0 aliphatic rings. The van der Waals surface area contributed by atoms with Gasteiger partial charge in [0.15, 0.2) is 0 Å². The summed E-state index contributed by atoms with van der Waals surface area (Å²) in [6.45, 7) is 5.66. The van der Waals surface area contributed by atoms with Crippen LogP contribution in [0.4, 0.5) is 11.6 Å². The quantitative estimate of drug-likeness (QED) is 0.843. The molecule has 2 rings (SSSR count). The summed E-state index contributed by atoms with van der Waals surface area (Å²) in [4.78, 5) is 12.4. The molecule has 0 radical (unpaired) electrons. The largest absolute Gasteiger partial charge is 0.370 e. The van der Waals surface area contributed by atoms with Crippen molar-refractivity contribution in [3.63, 3.8) is 0 Å². The van der Waals surface area contributed by atoms with Gasteiger partial charge in [0.2, 0.25) is 0 Å². The second-order valence-electron chi connectivity index (χ2n) is 3.97. The number of aromatic nitrogens is 3. The fourth-order valence-electron chi connectivity index (χ4n) is 1.60.